The molecule has 0 fully saturated rings. The molecule has 112 valence electrons. The second-order valence-corrected chi connectivity index (χ2v) is 5.07. The van der Waals surface area contributed by atoms with Crippen LogP contribution in [0.25, 0.3) is 0 Å². The maximum absolute atomic E-state index is 10.9. The molecule has 1 heterocycles. The van der Waals surface area contributed by atoms with Crippen LogP contribution in [0.2, 0.25) is 0 Å². The Labute approximate surface area is 129 Å². The second kappa shape index (κ2) is 7.23. The molecule has 0 aliphatic rings. The highest BCUT2D eigenvalue weighted by Gasteiger charge is 2.11. The standard InChI is InChI=1S/C17H17N3O2/c1-13-5-7-19-16(9-13)20(8-6-17(21)22)12-15-4-2-3-14(10-15)11-18/h2-5,7,9-10H,6,8,12H2,1H3,(H,21,22). The van der Waals surface area contributed by atoms with E-state index < -0.39 is 5.97 Å². The predicted octanol–water partition coefficient (Wildman–Crippen LogP) is 2.74. The number of pyridine rings is 1. The van der Waals surface area contributed by atoms with Gasteiger partial charge in [0, 0.05) is 19.3 Å². The summed E-state index contributed by atoms with van der Waals surface area (Å²) in [5.41, 5.74) is 2.61. The number of hydrogen-bond donors (Lipinski definition) is 1. The average molecular weight is 295 g/mol. The number of hydrogen-bond acceptors (Lipinski definition) is 4. The molecule has 0 bridgehead atoms. The number of aryl methyl sites for hydroxylation is 1. The number of nitrogens with zero attached hydrogens (tertiary/aromatic N) is 3. The van der Waals surface area contributed by atoms with Gasteiger partial charge in [-0.2, -0.15) is 5.26 Å². The number of aliphatic carboxylic acids is 1. The molecular formula is C17H17N3O2. The lowest BCUT2D eigenvalue weighted by Crippen LogP contribution is -2.26. The van der Waals surface area contributed by atoms with Crippen LogP contribution in [0.1, 0.15) is 23.1 Å². The summed E-state index contributed by atoms with van der Waals surface area (Å²) >= 11 is 0. The molecule has 0 aliphatic heterocycles. The Balaban J connectivity index is 2.24. The number of benzene rings is 1. The van der Waals surface area contributed by atoms with Gasteiger partial charge in [-0.3, -0.25) is 4.79 Å². The van der Waals surface area contributed by atoms with Gasteiger partial charge in [0.05, 0.1) is 18.1 Å². The summed E-state index contributed by atoms with van der Waals surface area (Å²) in [6.07, 6.45) is 1.75. The first kappa shape index (κ1) is 15.5. The molecular weight excluding hydrogens is 278 g/mol. The van der Waals surface area contributed by atoms with Crippen molar-refractivity contribution in [2.24, 2.45) is 0 Å². The zero-order chi connectivity index (χ0) is 15.9. The van der Waals surface area contributed by atoms with Crippen molar-refractivity contribution in [2.45, 2.75) is 19.9 Å². The molecule has 1 aromatic carbocycles. The van der Waals surface area contributed by atoms with Gasteiger partial charge in [0.1, 0.15) is 5.82 Å². The fourth-order valence-corrected chi connectivity index (χ4v) is 2.16. The maximum Gasteiger partial charge on any atom is 0.305 e. The van der Waals surface area contributed by atoms with Gasteiger partial charge in [0.15, 0.2) is 0 Å². The molecule has 5 nitrogen and oxygen atoms in total. The number of nitriles is 1. The minimum Gasteiger partial charge on any atom is -0.481 e. The number of anilines is 1. The van der Waals surface area contributed by atoms with Crippen molar-refractivity contribution < 1.29 is 9.90 Å². The summed E-state index contributed by atoms with van der Waals surface area (Å²) < 4.78 is 0. The Hall–Kier alpha value is -2.87. The average Bonchev–Trinajstić information content (AvgIpc) is 2.51. The van der Waals surface area contributed by atoms with Crippen LogP contribution in [0.5, 0.6) is 0 Å². The van der Waals surface area contributed by atoms with E-state index in [1.165, 1.54) is 0 Å². The number of carboxylic acid groups (broad SMARTS) is 1. The van der Waals surface area contributed by atoms with E-state index in [9.17, 15) is 4.79 Å². The molecule has 1 aromatic heterocycles. The number of carbonyl (C=O) groups is 1. The molecule has 0 spiro atoms. The van der Waals surface area contributed by atoms with Crippen LogP contribution in [-0.4, -0.2) is 22.6 Å². The molecule has 2 aromatic rings. The molecule has 0 aliphatic carbocycles. The second-order valence-electron chi connectivity index (χ2n) is 5.07. The van der Waals surface area contributed by atoms with Gasteiger partial charge in [0.2, 0.25) is 0 Å². The highest BCUT2D eigenvalue weighted by atomic mass is 16.4. The van der Waals surface area contributed by atoms with E-state index in [0.29, 0.717) is 18.7 Å². The zero-order valence-electron chi connectivity index (χ0n) is 12.4. The van der Waals surface area contributed by atoms with Crippen LogP contribution in [-0.2, 0) is 11.3 Å². The van der Waals surface area contributed by atoms with Gasteiger partial charge in [-0.1, -0.05) is 12.1 Å². The number of carboxylic acids is 1. The van der Waals surface area contributed by atoms with E-state index in [4.69, 9.17) is 10.4 Å². The minimum absolute atomic E-state index is 0.0353. The summed E-state index contributed by atoms with van der Waals surface area (Å²) in [6.45, 7) is 2.85. The van der Waals surface area contributed by atoms with Crippen LogP contribution in [0, 0.1) is 18.3 Å². The highest BCUT2D eigenvalue weighted by molar-refractivity contribution is 5.67. The predicted molar refractivity (Wildman–Crippen MR) is 83.4 cm³/mol. The van der Waals surface area contributed by atoms with E-state index in [1.807, 2.05) is 42.2 Å². The van der Waals surface area contributed by atoms with Gasteiger partial charge in [-0.15, -0.1) is 0 Å². The Morgan fingerprint density at radius 3 is 2.86 bits per heavy atom. The third kappa shape index (κ3) is 4.32. The van der Waals surface area contributed by atoms with Gasteiger partial charge in [-0.05, 0) is 42.3 Å². The molecule has 0 saturated heterocycles. The maximum atomic E-state index is 10.9. The highest BCUT2D eigenvalue weighted by Crippen LogP contribution is 2.17. The number of aromatic nitrogens is 1. The fraction of sp³-hybridized carbons (Fsp3) is 0.235. The van der Waals surface area contributed by atoms with Crippen molar-refractivity contribution in [3.05, 3.63) is 59.3 Å². The summed E-state index contributed by atoms with van der Waals surface area (Å²) in [6, 6.07) is 13.2. The van der Waals surface area contributed by atoms with E-state index in [2.05, 4.69) is 11.1 Å². The molecule has 5 heteroatoms. The topological polar surface area (TPSA) is 77.2 Å². The largest absolute Gasteiger partial charge is 0.481 e. The van der Waals surface area contributed by atoms with Crippen LogP contribution in [0.4, 0.5) is 5.82 Å². The van der Waals surface area contributed by atoms with E-state index in [0.717, 1.165) is 16.9 Å². The molecule has 0 atom stereocenters. The van der Waals surface area contributed by atoms with Crippen molar-refractivity contribution in [2.75, 3.05) is 11.4 Å². The van der Waals surface area contributed by atoms with Crippen LogP contribution >= 0.6 is 0 Å². The van der Waals surface area contributed by atoms with E-state index in [1.54, 1.807) is 12.3 Å². The smallest absolute Gasteiger partial charge is 0.305 e. The fourth-order valence-electron chi connectivity index (χ4n) is 2.16. The summed E-state index contributed by atoms with van der Waals surface area (Å²) in [5, 5.41) is 17.9. The first-order valence-electron chi connectivity index (χ1n) is 6.97. The lowest BCUT2D eigenvalue weighted by atomic mass is 10.1. The summed E-state index contributed by atoms with van der Waals surface area (Å²) in [5.74, 6) is -0.105. The van der Waals surface area contributed by atoms with E-state index in [-0.39, 0.29) is 6.42 Å². The van der Waals surface area contributed by atoms with Crippen LogP contribution in [0.3, 0.4) is 0 Å². The Kier molecular flexibility index (Phi) is 5.10. The van der Waals surface area contributed by atoms with Crippen molar-refractivity contribution in [3.63, 3.8) is 0 Å². The third-order valence-corrected chi connectivity index (χ3v) is 3.25. The molecule has 22 heavy (non-hydrogen) atoms. The Bertz CT molecular complexity index is 707. The van der Waals surface area contributed by atoms with Crippen LogP contribution in [0.15, 0.2) is 42.6 Å². The van der Waals surface area contributed by atoms with Gasteiger partial charge >= 0.3 is 5.97 Å². The van der Waals surface area contributed by atoms with Crippen molar-refractivity contribution in [3.8, 4) is 6.07 Å². The monoisotopic (exact) mass is 295 g/mol. The Morgan fingerprint density at radius 1 is 1.36 bits per heavy atom. The van der Waals surface area contributed by atoms with Gasteiger partial charge in [-0.25, -0.2) is 4.98 Å². The molecule has 0 amide bonds. The minimum atomic E-state index is -0.844. The third-order valence-electron chi connectivity index (χ3n) is 3.25. The van der Waals surface area contributed by atoms with Crippen LogP contribution < -0.4 is 4.90 Å². The van der Waals surface area contributed by atoms with Crippen molar-refractivity contribution in [1.82, 2.24) is 4.98 Å². The quantitative estimate of drug-likeness (QED) is 0.886. The molecule has 2 rings (SSSR count). The normalized spacial score (nSPS) is 10.0. The first-order chi connectivity index (χ1) is 10.6. The first-order valence-corrected chi connectivity index (χ1v) is 6.97. The molecule has 0 unspecified atom stereocenters. The van der Waals surface area contributed by atoms with Crippen molar-refractivity contribution >= 4 is 11.8 Å². The summed E-state index contributed by atoms with van der Waals surface area (Å²) in [7, 11) is 0. The zero-order valence-corrected chi connectivity index (χ0v) is 12.4. The SMILES string of the molecule is Cc1ccnc(N(CCC(=O)O)Cc2cccc(C#N)c2)c1. The summed E-state index contributed by atoms with van der Waals surface area (Å²) in [4.78, 5) is 17.1. The molecule has 0 radical (unpaired) electrons. The lowest BCUT2D eigenvalue weighted by molar-refractivity contribution is -0.136. The van der Waals surface area contributed by atoms with Gasteiger partial charge < -0.3 is 10.0 Å². The molecule has 1 N–H and O–H groups in total. The lowest BCUT2D eigenvalue weighted by Gasteiger charge is -2.23. The van der Waals surface area contributed by atoms with Gasteiger partial charge in [0.25, 0.3) is 0 Å². The van der Waals surface area contributed by atoms with Crippen molar-refractivity contribution in [1.29, 1.82) is 5.26 Å². The van der Waals surface area contributed by atoms with E-state index >= 15 is 0 Å². The molecule has 0 saturated carbocycles. The number of rotatable bonds is 6. The Morgan fingerprint density at radius 2 is 2.18 bits per heavy atom.